The van der Waals surface area contributed by atoms with Crippen LogP contribution in [-0.4, -0.2) is 0 Å². The number of hydrogen-bond acceptors (Lipinski definition) is 2. The van der Waals surface area contributed by atoms with Crippen molar-refractivity contribution in [2.75, 3.05) is 9.80 Å². The topological polar surface area (TPSA) is 6.48 Å². The Bertz CT molecular complexity index is 3120. The van der Waals surface area contributed by atoms with E-state index in [0.717, 1.165) is 0 Å². The summed E-state index contributed by atoms with van der Waals surface area (Å²) >= 11 is 0. The maximum atomic E-state index is 2.48. The first-order valence-corrected chi connectivity index (χ1v) is 25.9. The number of hydrogen-bond donors (Lipinski definition) is 0. The normalized spacial score (nSPS) is 14.2. The van der Waals surface area contributed by atoms with E-state index in [4.69, 9.17) is 0 Å². The van der Waals surface area contributed by atoms with Crippen molar-refractivity contribution < 1.29 is 0 Å². The van der Waals surface area contributed by atoms with E-state index < -0.39 is 0 Å². The van der Waals surface area contributed by atoms with Crippen molar-refractivity contribution in [2.45, 2.75) is 118 Å². The molecule has 0 heterocycles. The molecule has 2 aliphatic rings. The van der Waals surface area contributed by atoms with Gasteiger partial charge in [0.1, 0.15) is 0 Å². The van der Waals surface area contributed by atoms with E-state index in [1.165, 1.54) is 122 Å². The van der Waals surface area contributed by atoms with Crippen LogP contribution in [0.1, 0.15) is 151 Å². The molecule has 0 fully saturated rings. The predicted molar refractivity (Wildman–Crippen MR) is 302 cm³/mol. The number of anilines is 6. The van der Waals surface area contributed by atoms with E-state index in [1.807, 2.05) is 0 Å². The van der Waals surface area contributed by atoms with Crippen molar-refractivity contribution >= 4 is 55.7 Å². The summed E-state index contributed by atoms with van der Waals surface area (Å²) in [4.78, 5) is 4.85. The standard InChI is InChI=1S/C68H68N2/c1-41(2)45-13-23-51(24-14-45)69(52-25-15-46(16-26-52)42(3)4)55-31-35-57-49(39-55)21-33-59-61-37-38-62-60-34-22-50-40-56(32-36-58(50)64(60)68(11,12)66(62)65(61)67(9,10)63(57)59)70(53-27-17-47(18-28-53)43(5)6)54-29-19-48(20-30-54)44(7)8/h13-44H,1-12H3. The predicted octanol–water partition coefficient (Wildman–Crippen LogP) is 20.0. The van der Waals surface area contributed by atoms with Gasteiger partial charge in [-0.2, -0.15) is 0 Å². The highest BCUT2D eigenvalue weighted by Gasteiger charge is 2.47. The van der Waals surface area contributed by atoms with Crippen molar-refractivity contribution in [3.05, 3.63) is 214 Å². The highest BCUT2D eigenvalue weighted by atomic mass is 15.1. The van der Waals surface area contributed by atoms with Gasteiger partial charge in [-0.05, 0) is 185 Å². The zero-order chi connectivity index (χ0) is 49.0. The summed E-state index contributed by atoms with van der Waals surface area (Å²) < 4.78 is 0. The van der Waals surface area contributed by atoms with E-state index in [-0.39, 0.29) is 10.8 Å². The molecule has 9 aromatic rings. The molecule has 0 unspecified atom stereocenters. The van der Waals surface area contributed by atoms with Gasteiger partial charge in [0.15, 0.2) is 0 Å². The minimum absolute atomic E-state index is 0.227. The van der Waals surface area contributed by atoms with Crippen LogP contribution in [0.25, 0.3) is 43.8 Å². The highest BCUT2D eigenvalue weighted by molar-refractivity contribution is 6.04. The molecule has 0 aromatic heterocycles. The first kappa shape index (κ1) is 45.5. The van der Waals surface area contributed by atoms with Crippen LogP contribution in [0.5, 0.6) is 0 Å². The molecule has 11 rings (SSSR count). The number of rotatable bonds is 10. The molecule has 0 saturated carbocycles. The molecule has 2 heteroatoms. The molecule has 0 bridgehead atoms. The summed E-state index contributed by atoms with van der Waals surface area (Å²) in [6.45, 7) is 28.0. The molecule has 350 valence electrons. The van der Waals surface area contributed by atoms with Crippen molar-refractivity contribution in [1.82, 2.24) is 0 Å². The fourth-order valence-electron chi connectivity index (χ4n) is 12.2. The zero-order valence-electron chi connectivity index (χ0n) is 43.4. The lowest BCUT2D eigenvalue weighted by atomic mass is 9.71. The highest BCUT2D eigenvalue weighted by Crippen LogP contribution is 2.61. The summed E-state index contributed by atoms with van der Waals surface area (Å²) in [6.07, 6.45) is 0. The molecule has 0 amide bonds. The Hall–Kier alpha value is -6.90. The van der Waals surface area contributed by atoms with E-state index in [9.17, 15) is 0 Å². The second-order valence-electron chi connectivity index (χ2n) is 22.6. The van der Waals surface area contributed by atoms with Gasteiger partial charge >= 0.3 is 0 Å². The Labute approximate surface area is 417 Å². The molecule has 0 N–H and O–H groups in total. The van der Waals surface area contributed by atoms with Crippen molar-refractivity contribution in [3.8, 4) is 22.3 Å². The van der Waals surface area contributed by atoms with Crippen LogP contribution in [0.15, 0.2) is 170 Å². The minimum Gasteiger partial charge on any atom is -0.310 e. The first-order valence-electron chi connectivity index (χ1n) is 25.9. The molecule has 0 spiro atoms. The van der Waals surface area contributed by atoms with Crippen molar-refractivity contribution in [2.24, 2.45) is 0 Å². The Morgan fingerprint density at radius 2 is 0.514 bits per heavy atom. The quantitative estimate of drug-likeness (QED) is 0.135. The molecule has 70 heavy (non-hydrogen) atoms. The molecule has 2 aliphatic carbocycles. The molecule has 0 atom stereocenters. The second-order valence-corrected chi connectivity index (χ2v) is 22.6. The average Bonchev–Trinajstić information content (AvgIpc) is 3.74. The maximum absolute atomic E-state index is 2.48. The van der Waals surface area contributed by atoms with Gasteiger partial charge in [-0.15, -0.1) is 0 Å². The lowest BCUT2D eigenvalue weighted by Crippen LogP contribution is -2.24. The maximum Gasteiger partial charge on any atom is 0.0468 e. The molecular formula is C68H68N2. The van der Waals surface area contributed by atoms with Gasteiger partial charge in [-0.3, -0.25) is 0 Å². The van der Waals surface area contributed by atoms with Crippen molar-refractivity contribution in [1.29, 1.82) is 0 Å². The van der Waals surface area contributed by atoms with Crippen LogP contribution in [0, 0.1) is 0 Å². The molecule has 2 nitrogen and oxygen atoms in total. The van der Waals surface area contributed by atoms with Crippen LogP contribution in [0.2, 0.25) is 0 Å². The third kappa shape index (κ3) is 7.28. The van der Waals surface area contributed by atoms with Gasteiger partial charge in [0.05, 0.1) is 0 Å². The van der Waals surface area contributed by atoms with Crippen LogP contribution >= 0.6 is 0 Å². The van der Waals surface area contributed by atoms with E-state index in [1.54, 1.807) is 0 Å². The molecule has 0 aliphatic heterocycles. The van der Waals surface area contributed by atoms with Crippen LogP contribution in [0.4, 0.5) is 34.1 Å². The average molecular weight is 913 g/mol. The summed E-state index contributed by atoms with van der Waals surface area (Å²) in [7, 11) is 0. The summed E-state index contributed by atoms with van der Waals surface area (Å²) in [5, 5.41) is 5.19. The van der Waals surface area contributed by atoms with E-state index >= 15 is 0 Å². The Balaban J connectivity index is 0.989. The van der Waals surface area contributed by atoms with Crippen LogP contribution in [-0.2, 0) is 10.8 Å². The van der Waals surface area contributed by atoms with Gasteiger partial charge in [0.2, 0.25) is 0 Å². The van der Waals surface area contributed by atoms with Crippen molar-refractivity contribution in [3.63, 3.8) is 0 Å². The number of nitrogens with zero attached hydrogens (tertiary/aromatic N) is 2. The zero-order valence-corrected chi connectivity index (χ0v) is 43.4. The van der Waals surface area contributed by atoms with Crippen LogP contribution < -0.4 is 9.80 Å². The minimum atomic E-state index is -0.227. The molecule has 0 radical (unpaired) electrons. The lowest BCUT2D eigenvalue weighted by Gasteiger charge is -2.32. The smallest absolute Gasteiger partial charge is 0.0468 e. The van der Waals surface area contributed by atoms with E-state index in [0.29, 0.717) is 23.7 Å². The second kappa shape index (κ2) is 16.9. The van der Waals surface area contributed by atoms with Gasteiger partial charge < -0.3 is 9.80 Å². The molecule has 9 aromatic carbocycles. The Morgan fingerprint density at radius 3 is 0.786 bits per heavy atom. The fourth-order valence-corrected chi connectivity index (χ4v) is 12.2. The van der Waals surface area contributed by atoms with Gasteiger partial charge in [-0.1, -0.05) is 180 Å². The largest absolute Gasteiger partial charge is 0.310 e. The Kier molecular flexibility index (Phi) is 11.0. The number of benzene rings is 9. The third-order valence-electron chi connectivity index (χ3n) is 16.1. The Morgan fingerprint density at radius 1 is 0.271 bits per heavy atom. The summed E-state index contributed by atoms with van der Waals surface area (Å²) in [5.74, 6) is 1.91. The number of fused-ring (bicyclic) bond motifs is 11. The lowest BCUT2D eigenvalue weighted by molar-refractivity contribution is 0.606. The SMILES string of the molecule is CC(C)c1ccc(N(c2ccc(C(C)C)cc2)c2ccc3c4c(ccc3c2)-c2ccc3c(c2C4(C)C)C(C)(C)c2c-3ccc3cc(N(c4ccc(C(C)C)cc4)c4ccc(C(C)C)cc4)ccc23)cc1. The molecular weight excluding hydrogens is 845 g/mol. The summed E-state index contributed by atoms with van der Waals surface area (Å²) in [5.41, 5.74) is 23.2. The van der Waals surface area contributed by atoms with E-state index in [2.05, 4.69) is 263 Å². The van der Waals surface area contributed by atoms with Gasteiger partial charge in [0, 0.05) is 45.0 Å². The molecule has 0 saturated heterocycles. The van der Waals surface area contributed by atoms with Gasteiger partial charge in [0.25, 0.3) is 0 Å². The van der Waals surface area contributed by atoms with Gasteiger partial charge in [-0.25, -0.2) is 0 Å². The monoisotopic (exact) mass is 913 g/mol. The summed E-state index contributed by atoms with van der Waals surface area (Å²) in [6, 6.07) is 65.3. The fraction of sp³-hybridized carbons (Fsp3) is 0.265. The first-order chi connectivity index (χ1) is 33.5. The third-order valence-corrected chi connectivity index (χ3v) is 16.1. The van der Waals surface area contributed by atoms with Crippen LogP contribution in [0.3, 0.4) is 0 Å².